The molecule has 4 nitrogen and oxygen atoms in total. The maximum absolute atomic E-state index is 12.6. The Kier molecular flexibility index (Phi) is 5.47. The molecule has 1 heterocycles. The lowest BCUT2D eigenvalue weighted by Gasteiger charge is -2.17. The highest BCUT2D eigenvalue weighted by atomic mass is 16.5. The molecule has 0 saturated heterocycles. The van der Waals surface area contributed by atoms with Gasteiger partial charge >= 0.3 is 0 Å². The zero-order valence-electron chi connectivity index (χ0n) is 14.1. The molecule has 1 fully saturated rings. The van der Waals surface area contributed by atoms with Crippen LogP contribution in [0.1, 0.15) is 42.5 Å². The van der Waals surface area contributed by atoms with Crippen LogP contribution in [0.4, 0.5) is 0 Å². The monoisotopic (exact) mass is 324 g/mol. The van der Waals surface area contributed by atoms with Crippen molar-refractivity contribution >= 4 is 5.91 Å². The van der Waals surface area contributed by atoms with Crippen molar-refractivity contribution in [1.29, 1.82) is 0 Å². The van der Waals surface area contributed by atoms with E-state index in [1.165, 1.54) is 19.3 Å². The van der Waals surface area contributed by atoms with Gasteiger partial charge in [0.15, 0.2) is 6.61 Å². The molecule has 24 heavy (non-hydrogen) atoms. The number of hydrogen-bond acceptors (Lipinski definition) is 3. The second kappa shape index (κ2) is 7.95. The number of aryl methyl sites for hydroxylation is 1. The minimum absolute atomic E-state index is 0.00667. The Labute approximate surface area is 142 Å². The Balaban J connectivity index is 1.75. The normalized spacial score (nSPS) is 16.1. The van der Waals surface area contributed by atoms with Crippen molar-refractivity contribution in [3.05, 3.63) is 59.7 Å². The number of rotatable bonds is 4. The summed E-state index contributed by atoms with van der Waals surface area (Å²) in [6, 6.07) is 13.7. The topological polar surface area (TPSA) is 43.6 Å². The van der Waals surface area contributed by atoms with Gasteiger partial charge in [-0.05, 0) is 43.5 Å². The lowest BCUT2D eigenvalue weighted by atomic mass is 9.96. The first-order chi connectivity index (χ1) is 11.7. The molecule has 1 aliphatic carbocycles. The average molecular weight is 324 g/mol. The van der Waals surface area contributed by atoms with Gasteiger partial charge in [-0.15, -0.1) is 0 Å². The van der Waals surface area contributed by atoms with E-state index in [9.17, 15) is 4.79 Å². The van der Waals surface area contributed by atoms with Crippen molar-refractivity contribution in [2.24, 2.45) is 4.99 Å². The van der Waals surface area contributed by atoms with E-state index in [4.69, 9.17) is 9.73 Å². The van der Waals surface area contributed by atoms with E-state index in [1.807, 2.05) is 49.4 Å². The van der Waals surface area contributed by atoms with Crippen molar-refractivity contribution in [3.63, 3.8) is 0 Å². The molecule has 0 bridgehead atoms. The fourth-order valence-electron chi connectivity index (χ4n) is 3.07. The fourth-order valence-corrected chi connectivity index (χ4v) is 3.07. The Morgan fingerprint density at radius 2 is 1.88 bits per heavy atom. The van der Waals surface area contributed by atoms with E-state index in [0.717, 1.165) is 29.6 Å². The lowest BCUT2D eigenvalue weighted by molar-refractivity contribution is 0.0831. The van der Waals surface area contributed by atoms with Gasteiger partial charge in [-0.2, -0.15) is 0 Å². The first kappa shape index (κ1) is 16.5. The third-order valence-electron chi connectivity index (χ3n) is 4.44. The van der Waals surface area contributed by atoms with Gasteiger partial charge in [0.2, 0.25) is 0 Å². The Hall–Kier alpha value is -2.36. The third-order valence-corrected chi connectivity index (χ3v) is 4.44. The zero-order chi connectivity index (χ0) is 16.8. The number of carbonyl (C=O) groups excluding carboxylic acids is 1. The molecule has 4 heteroatoms. The van der Waals surface area contributed by atoms with E-state index in [2.05, 4.69) is 0 Å². The molecule has 2 aromatic rings. The highest BCUT2D eigenvalue weighted by Gasteiger charge is 2.13. The van der Waals surface area contributed by atoms with Crippen molar-refractivity contribution in [2.45, 2.75) is 45.1 Å². The minimum Gasteiger partial charge on any atom is -0.483 e. The molecule has 3 rings (SSSR count). The molecule has 1 aromatic carbocycles. The minimum atomic E-state index is -0.103. The molecule has 126 valence electrons. The summed E-state index contributed by atoms with van der Waals surface area (Å²) in [6.07, 6.45) is 7.75. The molecular weight excluding hydrogens is 300 g/mol. The number of pyridine rings is 1. The molecule has 0 radical (unpaired) electrons. The number of benzene rings is 1. The van der Waals surface area contributed by atoms with Crippen molar-refractivity contribution in [2.75, 3.05) is 6.61 Å². The summed E-state index contributed by atoms with van der Waals surface area (Å²) in [5.74, 6) is 0.640. The summed E-state index contributed by atoms with van der Waals surface area (Å²) in [7, 11) is 0. The van der Waals surface area contributed by atoms with Crippen LogP contribution in [0.2, 0.25) is 0 Å². The summed E-state index contributed by atoms with van der Waals surface area (Å²) in [5.41, 5.74) is 1.75. The van der Waals surface area contributed by atoms with Gasteiger partial charge in [-0.3, -0.25) is 14.4 Å². The van der Waals surface area contributed by atoms with Crippen molar-refractivity contribution < 1.29 is 9.53 Å². The van der Waals surface area contributed by atoms with Gasteiger partial charge in [0.1, 0.15) is 11.2 Å². The van der Waals surface area contributed by atoms with Gasteiger partial charge in [0, 0.05) is 6.20 Å². The number of aromatic nitrogens is 1. The van der Waals surface area contributed by atoms with Gasteiger partial charge in [0.25, 0.3) is 5.91 Å². The summed E-state index contributed by atoms with van der Waals surface area (Å²) in [5, 5.41) is 0. The van der Waals surface area contributed by atoms with Crippen LogP contribution in [0.15, 0.2) is 53.7 Å². The van der Waals surface area contributed by atoms with Crippen LogP contribution in [0.5, 0.6) is 5.75 Å². The van der Waals surface area contributed by atoms with Crippen LogP contribution in [0.3, 0.4) is 0 Å². The van der Waals surface area contributed by atoms with E-state index < -0.39 is 0 Å². The first-order valence-corrected chi connectivity index (χ1v) is 8.67. The molecule has 0 N–H and O–H groups in total. The predicted molar refractivity (Wildman–Crippen MR) is 94.2 cm³/mol. The molecule has 1 saturated carbocycles. The second-order valence-electron chi connectivity index (χ2n) is 6.30. The Morgan fingerprint density at radius 3 is 2.67 bits per heavy atom. The maximum atomic E-state index is 12.6. The largest absolute Gasteiger partial charge is 0.483 e. The highest BCUT2D eigenvalue weighted by Crippen LogP contribution is 2.19. The molecule has 0 aliphatic heterocycles. The number of ether oxygens (including phenoxy) is 1. The smallest absolute Gasteiger partial charge is 0.270 e. The van der Waals surface area contributed by atoms with Crippen molar-refractivity contribution in [1.82, 2.24) is 4.57 Å². The van der Waals surface area contributed by atoms with Crippen LogP contribution in [-0.2, 0) is 0 Å². The van der Waals surface area contributed by atoms with Gasteiger partial charge in [0.05, 0.1) is 6.04 Å². The van der Waals surface area contributed by atoms with Crippen LogP contribution in [-0.4, -0.2) is 23.1 Å². The van der Waals surface area contributed by atoms with Crippen LogP contribution in [0, 0.1) is 6.92 Å². The number of para-hydroxylation sites is 1. The van der Waals surface area contributed by atoms with Crippen LogP contribution >= 0.6 is 0 Å². The highest BCUT2D eigenvalue weighted by molar-refractivity contribution is 5.80. The molecule has 0 amide bonds. The molecule has 0 atom stereocenters. The number of hydrogen-bond donors (Lipinski definition) is 0. The summed E-state index contributed by atoms with van der Waals surface area (Å²) in [6.45, 7) is 1.98. The van der Waals surface area contributed by atoms with E-state index in [0.29, 0.717) is 6.04 Å². The molecule has 0 spiro atoms. The average Bonchev–Trinajstić information content (AvgIpc) is 2.62. The standard InChI is InChI=1S/C20H24N2O2/c1-16-9-5-6-12-18(16)24-15-20(23)22-14-8-7-13-19(22)21-17-10-3-2-4-11-17/h5-9,12-14,17H,2-4,10-11,15H2,1H3. The van der Waals surface area contributed by atoms with Crippen LogP contribution < -0.4 is 10.2 Å². The maximum Gasteiger partial charge on any atom is 0.270 e. The Bertz CT molecular complexity index is 758. The third kappa shape index (κ3) is 4.13. The Morgan fingerprint density at radius 1 is 1.12 bits per heavy atom. The van der Waals surface area contributed by atoms with E-state index >= 15 is 0 Å². The van der Waals surface area contributed by atoms with E-state index in [1.54, 1.807) is 10.8 Å². The number of nitrogens with zero attached hydrogens (tertiary/aromatic N) is 2. The zero-order valence-corrected chi connectivity index (χ0v) is 14.1. The van der Waals surface area contributed by atoms with E-state index in [-0.39, 0.29) is 12.5 Å². The molecule has 0 unspecified atom stereocenters. The summed E-state index contributed by atoms with van der Waals surface area (Å²) >= 11 is 0. The quantitative estimate of drug-likeness (QED) is 0.859. The van der Waals surface area contributed by atoms with Gasteiger partial charge in [-0.1, -0.05) is 43.5 Å². The summed E-state index contributed by atoms with van der Waals surface area (Å²) in [4.78, 5) is 17.4. The predicted octanol–water partition coefficient (Wildman–Crippen LogP) is 3.75. The second-order valence-corrected chi connectivity index (χ2v) is 6.30. The van der Waals surface area contributed by atoms with Gasteiger partial charge in [-0.25, -0.2) is 0 Å². The van der Waals surface area contributed by atoms with Crippen molar-refractivity contribution in [3.8, 4) is 5.75 Å². The molecule has 1 aliphatic rings. The number of carbonyl (C=O) groups is 1. The lowest BCUT2D eigenvalue weighted by Crippen LogP contribution is -2.32. The SMILES string of the molecule is Cc1ccccc1OCC(=O)n1ccccc1=NC1CCCCC1. The molecular formula is C20H24N2O2. The summed E-state index contributed by atoms with van der Waals surface area (Å²) < 4.78 is 7.29. The van der Waals surface area contributed by atoms with Gasteiger partial charge < -0.3 is 4.74 Å². The van der Waals surface area contributed by atoms with Crippen LogP contribution in [0.25, 0.3) is 0 Å². The molecule has 1 aromatic heterocycles. The fraction of sp³-hybridized carbons (Fsp3) is 0.400. The first-order valence-electron chi connectivity index (χ1n) is 8.67.